The molecule has 0 aliphatic rings. The molecule has 22 heteroatoms. The van der Waals surface area contributed by atoms with Crippen LogP contribution >= 0.6 is 15.6 Å². The summed E-state index contributed by atoms with van der Waals surface area (Å²) in [5, 5.41) is 14.8. The van der Waals surface area contributed by atoms with Gasteiger partial charge in [-0.05, 0) is 0 Å². The van der Waals surface area contributed by atoms with E-state index in [2.05, 4.69) is 16.9 Å². The Morgan fingerprint density at radius 2 is 1.27 bits per heavy atom. The Morgan fingerprint density at radius 3 is 1.36 bits per heavy atom. The van der Waals surface area contributed by atoms with Gasteiger partial charge in [-0.25, -0.2) is 19.6 Å². The summed E-state index contributed by atoms with van der Waals surface area (Å²) in [4.78, 5) is 23.7. The summed E-state index contributed by atoms with van der Waals surface area (Å²) in [6.07, 6.45) is 0. The van der Waals surface area contributed by atoms with E-state index in [9.17, 15) is 26.0 Å². The van der Waals surface area contributed by atoms with Gasteiger partial charge in [0.25, 0.3) is 0 Å². The van der Waals surface area contributed by atoms with Gasteiger partial charge in [-0.2, -0.15) is 21.1 Å². The van der Waals surface area contributed by atoms with Crippen molar-refractivity contribution in [3.8, 4) is 0 Å². The quantitative estimate of drug-likeness (QED) is 0.0745. The van der Waals surface area contributed by atoms with Gasteiger partial charge in [-0.1, -0.05) is 7.96 Å². The first kappa shape index (κ1) is 31.3. The van der Waals surface area contributed by atoms with Gasteiger partial charge in [0.15, 0.2) is 0 Å². The molecule has 0 aromatic carbocycles. The molecule has 0 heterocycles. The zero-order valence-electron chi connectivity index (χ0n) is 9.18. The molecular weight excluding hydrogens is 435 g/mol. The van der Waals surface area contributed by atoms with Crippen LogP contribution in [0.4, 0.5) is 0 Å². The second-order valence-corrected chi connectivity index (χ2v) is 7.20. The van der Waals surface area contributed by atoms with Crippen molar-refractivity contribution >= 4 is 87.8 Å². The van der Waals surface area contributed by atoms with E-state index in [4.69, 9.17) is 29.7 Å². The Bertz CT molecular complexity index is 582. The van der Waals surface area contributed by atoms with Gasteiger partial charge >= 0.3 is 87.8 Å². The first-order valence-electron chi connectivity index (χ1n) is 3.23. The third kappa shape index (κ3) is 23.8. The van der Waals surface area contributed by atoms with Crippen LogP contribution in [-0.2, 0) is 46.9 Å². The molecule has 134 valence electrons. The Hall–Kier alpha value is 1.56. The zero-order chi connectivity index (χ0) is 16.8. The van der Waals surface area contributed by atoms with E-state index in [0.29, 0.717) is 0 Å². The second kappa shape index (κ2) is 12.0. The molecule has 0 aliphatic heterocycles. The predicted octanol–water partition coefficient (Wildman–Crippen LogP) is -2.26. The predicted molar refractivity (Wildman–Crippen MR) is 64.1 cm³/mol. The van der Waals surface area contributed by atoms with Gasteiger partial charge < -0.3 is 20.8 Å². The van der Waals surface area contributed by atoms with Gasteiger partial charge in [0, 0.05) is 0 Å². The Balaban J connectivity index is -0.000000135. The van der Waals surface area contributed by atoms with Gasteiger partial charge in [-0.3, -0.25) is 4.55 Å². The number of hydrogen-bond acceptors (Lipinski definition) is 13. The first-order chi connectivity index (χ1) is 8.54. The van der Waals surface area contributed by atoms with Crippen LogP contribution in [-0.4, -0.2) is 98.0 Å². The molecule has 0 aliphatic carbocycles. The van der Waals surface area contributed by atoms with Crippen LogP contribution in [0.2, 0.25) is 0 Å². The number of hydrogen-bond donors (Lipinski definition) is 7. The third-order valence-corrected chi connectivity index (χ3v) is 3.99. The van der Waals surface area contributed by atoms with Crippen molar-refractivity contribution in [3.63, 3.8) is 0 Å². The van der Waals surface area contributed by atoms with Crippen molar-refractivity contribution < 1.29 is 72.7 Å². The van der Waals surface area contributed by atoms with Crippen molar-refractivity contribution in [2.24, 2.45) is 0 Å². The topological polar surface area (TPSA) is 296 Å². The molecule has 17 nitrogen and oxygen atoms in total. The van der Waals surface area contributed by atoms with Gasteiger partial charge in [0.2, 0.25) is 0 Å². The van der Waals surface area contributed by atoms with Crippen molar-refractivity contribution in [2.75, 3.05) is 0 Å². The van der Waals surface area contributed by atoms with E-state index < -0.39 is 36.4 Å². The molecule has 0 aromatic heterocycles. The summed E-state index contributed by atoms with van der Waals surface area (Å²) in [7, 11) is -20.3. The van der Waals surface area contributed by atoms with Crippen molar-refractivity contribution in [2.45, 2.75) is 0 Å². The van der Waals surface area contributed by atoms with E-state index in [1.165, 1.54) is 0 Å². The summed E-state index contributed by atoms with van der Waals surface area (Å²) >= 11 is 0. The van der Waals surface area contributed by atoms with E-state index in [0.717, 1.165) is 0 Å². The molecule has 22 heavy (non-hydrogen) atoms. The summed E-state index contributed by atoms with van der Waals surface area (Å²) in [5.41, 5.74) is 0. The molecule has 0 radical (unpaired) electrons. The minimum absolute atomic E-state index is 0. The average molecular weight is 445 g/mol. The van der Waals surface area contributed by atoms with Crippen LogP contribution in [0.25, 0.3) is 0 Å². The summed E-state index contributed by atoms with van der Waals surface area (Å²) in [6.45, 7) is 0. The molecule has 0 spiro atoms. The summed E-state index contributed by atoms with van der Waals surface area (Å²) in [6, 6.07) is 0. The van der Waals surface area contributed by atoms with Crippen LogP contribution in [0, 0.1) is 0 Å². The van der Waals surface area contributed by atoms with Crippen LogP contribution in [0.1, 0.15) is 0 Å². The van der Waals surface area contributed by atoms with Crippen molar-refractivity contribution in [1.82, 2.24) is 6.15 Å². The Labute approximate surface area is 165 Å². The minimum atomic E-state index is -5.17. The van der Waals surface area contributed by atoms with Gasteiger partial charge in [0.05, 0.1) is 0 Å². The molecule has 0 saturated heterocycles. The molecule has 0 saturated carbocycles. The monoisotopic (exact) mass is 445 g/mol. The maximum absolute atomic E-state index is 9.97. The van der Waals surface area contributed by atoms with Crippen LogP contribution in [0.3, 0.4) is 0 Å². The fraction of sp³-hybridized carbons (Fsp3) is 0. The molecule has 0 amide bonds. The number of phosphoric acid groups is 2. The zero-order valence-corrected chi connectivity index (χ0v) is 12.6. The van der Waals surface area contributed by atoms with Gasteiger partial charge in [0.1, 0.15) is 0 Å². The summed E-state index contributed by atoms with van der Waals surface area (Å²) < 4.78 is 77.2. The molecule has 0 rings (SSSR count). The molecule has 0 bridgehead atoms. The van der Waals surface area contributed by atoms with E-state index in [1.54, 1.807) is 0 Å². The SMILES string of the molecule is N.O=P(O)(O)OP(=O)(O)OO.O=S(=O)(O)OS(=O)(=O)OO.[KH]. The van der Waals surface area contributed by atoms with Crippen molar-refractivity contribution in [3.05, 3.63) is 0 Å². The van der Waals surface area contributed by atoms with Crippen LogP contribution in [0.5, 0.6) is 0 Å². The van der Waals surface area contributed by atoms with Crippen LogP contribution < -0.4 is 6.15 Å². The summed E-state index contributed by atoms with van der Waals surface area (Å²) in [5.74, 6) is 0. The average Bonchev–Trinajstić information content (AvgIpc) is 2.11. The van der Waals surface area contributed by atoms with E-state index in [1.807, 2.05) is 0 Å². The normalized spacial score (nSPS) is 14.5. The maximum atomic E-state index is 9.97. The standard InChI is InChI=1S/K.H3N.H4O8P2.H2O8S2.H/c;;2*1-7-10(5,6)8-9(2,3)4;/h;1H3;1H,(H,5,6)(H2,2,3,4);1H,(H,2,3,4);. The molecule has 0 aromatic rings. The van der Waals surface area contributed by atoms with E-state index >= 15 is 0 Å². The van der Waals surface area contributed by atoms with Crippen molar-refractivity contribution in [1.29, 1.82) is 0 Å². The molecular formula is H10KNO16P2S2. The van der Waals surface area contributed by atoms with Crippen LogP contribution in [0.15, 0.2) is 0 Å². The second-order valence-electron chi connectivity index (χ2n) is 2.10. The Morgan fingerprint density at radius 1 is 0.909 bits per heavy atom. The fourth-order valence-electron chi connectivity index (χ4n) is 0.267. The molecule has 1 unspecified atom stereocenters. The molecule has 1 atom stereocenters. The van der Waals surface area contributed by atoms with E-state index in [-0.39, 0.29) is 57.5 Å². The fourth-order valence-corrected chi connectivity index (χ4v) is 2.40. The first-order valence-corrected chi connectivity index (χ1v) is 8.95. The third-order valence-electron chi connectivity index (χ3n) is 0.573. The molecule has 0 fully saturated rings. The van der Waals surface area contributed by atoms with Gasteiger partial charge in [-0.15, -0.1) is 4.67 Å². The number of rotatable bonds is 6. The Kier molecular flexibility index (Phi) is 17.1. The molecule has 9 N–H and O–H groups in total.